The van der Waals surface area contributed by atoms with Gasteiger partial charge in [-0.1, -0.05) is 12.1 Å². The van der Waals surface area contributed by atoms with Gasteiger partial charge < -0.3 is 10.2 Å². The number of amides is 1. The number of aromatic nitrogens is 1. The van der Waals surface area contributed by atoms with Crippen LogP contribution in [0.3, 0.4) is 0 Å². The Labute approximate surface area is 117 Å². The molecule has 1 heterocycles. The number of anilines is 1. The van der Waals surface area contributed by atoms with Gasteiger partial charge in [0.05, 0.1) is 5.52 Å². The zero-order valence-electron chi connectivity index (χ0n) is 11.3. The number of hydrogen-bond donors (Lipinski definition) is 1. The van der Waals surface area contributed by atoms with E-state index < -0.39 is 0 Å². The highest BCUT2D eigenvalue weighted by atomic mass is 32.1. The Morgan fingerprint density at radius 2 is 2.05 bits per heavy atom. The molecule has 0 bridgehead atoms. The molecule has 0 radical (unpaired) electrons. The molecule has 1 amide bonds. The first-order chi connectivity index (χ1) is 9.26. The average Bonchev–Trinajstić information content (AvgIpc) is 2.84. The molecule has 0 unspecified atom stereocenters. The molecule has 0 saturated heterocycles. The van der Waals surface area contributed by atoms with Crippen LogP contribution in [0.2, 0.25) is 0 Å². The highest BCUT2D eigenvalue weighted by Crippen LogP contribution is 2.26. The summed E-state index contributed by atoms with van der Waals surface area (Å²) in [5.41, 5.74) is 1.00. The molecule has 1 aromatic carbocycles. The number of fused-ring (bicyclic) bond motifs is 1. The van der Waals surface area contributed by atoms with Crippen LogP contribution < -0.4 is 5.32 Å². The Kier molecular flexibility index (Phi) is 4.74. The Balaban J connectivity index is 1.91. The van der Waals surface area contributed by atoms with Crippen molar-refractivity contribution in [3.05, 3.63) is 24.3 Å². The van der Waals surface area contributed by atoms with Gasteiger partial charge in [-0.3, -0.25) is 4.79 Å². The van der Waals surface area contributed by atoms with Gasteiger partial charge in [0, 0.05) is 31.4 Å². The maximum atomic E-state index is 11.9. The summed E-state index contributed by atoms with van der Waals surface area (Å²) >= 11 is 1.45. The fourth-order valence-electron chi connectivity index (χ4n) is 2.03. The molecule has 0 aliphatic rings. The minimum Gasteiger partial charge on any atom is -0.375 e. The van der Waals surface area contributed by atoms with Crippen molar-refractivity contribution in [3.8, 4) is 0 Å². The van der Waals surface area contributed by atoms with Crippen LogP contribution in [-0.2, 0) is 4.79 Å². The molecule has 19 heavy (non-hydrogen) atoms. The fourth-order valence-corrected chi connectivity index (χ4v) is 2.82. The summed E-state index contributed by atoms with van der Waals surface area (Å²) in [6.45, 7) is 6.22. The second-order valence-corrected chi connectivity index (χ2v) is 5.05. The van der Waals surface area contributed by atoms with Crippen molar-refractivity contribution in [3.63, 3.8) is 0 Å². The second kappa shape index (κ2) is 6.52. The molecular formula is C14H19N3OS. The third-order valence-corrected chi connectivity index (χ3v) is 3.96. The molecule has 0 fully saturated rings. The third-order valence-electron chi connectivity index (χ3n) is 3.12. The lowest BCUT2D eigenvalue weighted by Gasteiger charge is -2.18. The van der Waals surface area contributed by atoms with Gasteiger partial charge in [-0.2, -0.15) is 4.37 Å². The first-order valence-electron chi connectivity index (χ1n) is 6.62. The minimum absolute atomic E-state index is 0.200. The first-order valence-corrected chi connectivity index (χ1v) is 7.39. The van der Waals surface area contributed by atoms with E-state index in [1.54, 1.807) is 0 Å². The molecule has 5 heteroatoms. The lowest BCUT2D eigenvalue weighted by atomic mass is 10.2. The van der Waals surface area contributed by atoms with E-state index in [9.17, 15) is 4.79 Å². The first kappa shape index (κ1) is 13.8. The molecule has 1 N–H and O–H groups in total. The average molecular weight is 277 g/mol. The number of hydrogen-bond acceptors (Lipinski definition) is 4. The van der Waals surface area contributed by atoms with Gasteiger partial charge in [-0.25, -0.2) is 0 Å². The van der Waals surface area contributed by atoms with Crippen LogP contribution in [0.4, 0.5) is 5.00 Å². The van der Waals surface area contributed by atoms with Crippen molar-refractivity contribution in [2.24, 2.45) is 0 Å². The standard InChI is InChI=1S/C14H19N3OS/c1-3-17(4-2)13(18)9-10-15-14-11-7-5-6-8-12(11)16-19-14/h5-8,15H,3-4,9-10H2,1-2H3. The van der Waals surface area contributed by atoms with Crippen molar-refractivity contribution in [2.45, 2.75) is 20.3 Å². The predicted octanol–water partition coefficient (Wildman–Crippen LogP) is 2.97. The van der Waals surface area contributed by atoms with E-state index in [-0.39, 0.29) is 5.91 Å². The van der Waals surface area contributed by atoms with E-state index in [0.29, 0.717) is 13.0 Å². The quantitative estimate of drug-likeness (QED) is 0.883. The molecule has 0 saturated carbocycles. The summed E-state index contributed by atoms with van der Waals surface area (Å²) in [4.78, 5) is 13.7. The van der Waals surface area contributed by atoms with E-state index in [4.69, 9.17) is 0 Å². The van der Waals surface area contributed by atoms with Crippen molar-refractivity contribution >= 4 is 33.3 Å². The normalized spacial score (nSPS) is 10.6. The molecule has 0 atom stereocenters. The van der Waals surface area contributed by atoms with E-state index in [1.165, 1.54) is 11.5 Å². The van der Waals surface area contributed by atoms with E-state index >= 15 is 0 Å². The fraction of sp³-hybridized carbons (Fsp3) is 0.429. The lowest BCUT2D eigenvalue weighted by Crippen LogP contribution is -2.31. The van der Waals surface area contributed by atoms with Crippen molar-refractivity contribution in [2.75, 3.05) is 25.0 Å². The molecule has 0 spiro atoms. The van der Waals surface area contributed by atoms with Crippen molar-refractivity contribution < 1.29 is 4.79 Å². The van der Waals surface area contributed by atoms with E-state index in [0.717, 1.165) is 29.0 Å². The van der Waals surface area contributed by atoms with E-state index in [1.807, 2.05) is 43.0 Å². The molecular weight excluding hydrogens is 258 g/mol. The van der Waals surface area contributed by atoms with Gasteiger partial charge in [0.1, 0.15) is 5.00 Å². The van der Waals surface area contributed by atoms with Gasteiger partial charge in [0.15, 0.2) is 0 Å². The predicted molar refractivity (Wildman–Crippen MR) is 80.7 cm³/mol. The number of nitrogens with one attached hydrogen (secondary N) is 1. The lowest BCUT2D eigenvalue weighted by molar-refractivity contribution is -0.130. The molecule has 0 aliphatic heterocycles. The van der Waals surface area contributed by atoms with Gasteiger partial charge in [-0.05, 0) is 37.5 Å². The zero-order chi connectivity index (χ0) is 13.7. The molecule has 2 aromatic rings. The maximum Gasteiger partial charge on any atom is 0.224 e. The van der Waals surface area contributed by atoms with Crippen LogP contribution in [0.5, 0.6) is 0 Å². The monoisotopic (exact) mass is 277 g/mol. The second-order valence-electron chi connectivity index (χ2n) is 4.27. The maximum absolute atomic E-state index is 11.9. The van der Waals surface area contributed by atoms with Gasteiger partial charge in [0.2, 0.25) is 5.91 Å². The molecule has 0 aliphatic carbocycles. The molecule has 2 rings (SSSR count). The summed E-state index contributed by atoms with van der Waals surface area (Å²) < 4.78 is 4.37. The Bertz CT molecular complexity index is 548. The Hall–Kier alpha value is -1.62. The van der Waals surface area contributed by atoms with Gasteiger partial charge >= 0.3 is 0 Å². The van der Waals surface area contributed by atoms with Crippen LogP contribution in [0.1, 0.15) is 20.3 Å². The van der Waals surface area contributed by atoms with Gasteiger partial charge in [0.25, 0.3) is 0 Å². The molecule has 1 aromatic heterocycles. The minimum atomic E-state index is 0.200. The number of benzene rings is 1. The number of nitrogens with zero attached hydrogens (tertiary/aromatic N) is 2. The Morgan fingerprint density at radius 1 is 1.32 bits per heavy atom. The highest BCUT2D eigenvalue weighted by Gasteiger charge is 2.10. The zero-order valence-corrected chi connectivity index (χ0v) is 12.2. The van der Waals surface area contributed by atoms with Crippen molar-refractivity contribution in [1.29, 1.82) is 0 Å². The number of rotatable bonds is 6. The number of carbonyl (C=O) groups excluding carboxylic acids is 1. The summed E-state index contributed by atoms with van der Waals surface area (Å²) in [6.07, 6.45) is 0.522. The topological polar surface area (TPSA) is 45.2 Å². The summed E-state index contributed by atoms with van der Waals surface area (Å²) in [5.74, 6) is 0.200. The van der Waals surface area contributed by atoms with Crippen LogP contribution >= 0.6 is 11.5 Å². The highest BCUT2D eigenvalue weighted by molar-refractivity contribution is 7.11. The summed E-state index contributed by atoms with van der Waals surface area (Å²) in [6, 6.07) is 8.03. The largest absolute Gasteiger partial charge is 0.375 e. The summed E-state index contributed by atoms with van der Waals surface area (Å²) in [5, 5.41) is 5.48. The van der Waals surface area contributed by atoms with Crippen LogP contribution in [-0.4, -0.2) is 34.8 Å². The smallest absolute Gasteiger partial charge is 0.224 e. The van der Waals surface area contributed by atoms with Crippen LogP contribution in [0, 0.1) is 0 Å². The SMILES string of the molecule is CCN(CC)C(=O)CCNc1snc2ccccc12. The molecule has 4 nitrogen and oxygen atoms in total. The van der Waals surface area contributed by atoms with Crippen LogP contribution in [0.15, 0.2) is 24.3 Å². The Morgan fingerprint density at radius 3 is 2.79 bits per heavy atom. The number of carbonyl (C=O) groups is 1. The van der Waals surface area contributed by atoms with Crippen molar-refractivity contribution in [1.82, 2.24) is 9.27 Å². The third kappa shape index (κ3) is 3.23. The van der Waals surface area contributed by atoms with E-state index in [2.05, 4.69) is 9.69 Å². The summed E-state index contributed by atoms with van der Waals surface area (Å²) in [7, 11) is 0. The van der Waals surface area contributed by atoms with Gasteiger partial charge in [-0.15, -0.1) is 0 Å². The van der Waals surface area contributed by atoms with Crippen LogP contribution in [0.25, 0.3) is 10.9 Å². The molecule has 102 valence electrons.